The summed E-state index contributed by atoms with van der Waals surface area (Å²) in [5.74, 6) is 0.325. The van der Waals surface area contributed by atoms with Crippen LogP contribution in [0.1, 0.15) is 125 Å². The minimum absolute atomic E-state index is 0.232. The zero-order valence-electron chi connectivity index (χ0n) is 47.3. The Balaban J connectivity index is 0.000000229. The van der Waals surface area contributed by atoms with Crippen LogP contribution < -0.4 is 14.2 Å². The molecule has 0 bridgehead atoms. The molecule has 0 saturated heterocycles. The number of aliphatic carboxylic acids is 1. The average Bonchev–Trinajstić information content (AvgIpc) is 3.55. The van der Waals surface area contributed by atoms with Crippen molar-refractivity contribution in [1.82, 2.24) is 0 Å². The van der Waals surface area contributed by atoms with Gasteiger partial charge in [-0.3, -0.25) is 19.2 Å². The van der Waals surface area contributed by atoms with Crippen molar-refractivity contribution >= 4 is 23.9 Å². The molecule has 0 amide bonds. The first-order chi connectivity index (χ1) is 41.4. The van der Waals surface area contributed by atoms with Crippen molar-refractivity contribution in [2.24, 2.45) is 0 Å². The highest BCUT2D eigenvalue weighted by molar-refractivity contribution is 5.75. The van der Waals surface area contributed by atoms with Crippen molar-refractivity contribution in [1.29, 1.82) is 21.0 Å². The molecular formula is C72H66N4O9. The summed E-state index contributed by atoms with van der Waals surface area (Å²) in [4.78, 5) is 46.9. The number of phenolic OH excluding ortho intramolecular Hbond substituents is 1. The maximum absolute atomic E-state index is 12.3. The lowest BCUT2D eigenvalue weighted by molar-refractivity contribution is -0.137. The molecule has 8 aromatic rings. The Kier molecular flexibility index (Phi) is 26.4. The van der Waals surface area contributed by atoms with Gasteiger partial charge in [0.25, 0.3) is 0 Å². The molecule has 0 atom stereocenters. The van der Waals surface area contributed by atoms with E-state index in [0.717, 1.165) is 122 Å². The van der Waals surface area contributed by atoms with Crippen LogP contribution in [0.5, 0.6) is 23.0 Å². The minimum Gasteiger partial charge on any atom is -0.508 e. The summed E-state index contributed by atoms with van der Waals surface area (Å²) in [6, 6.07) is 66.7. The molecule has 8 rings (SSSR count). The van der Waals surface area contributed by atoms with E-state index >= 15 is 0 Å². The molecule has 13 nitrogen and oxygen atoms in total. The van der Waals surface area contributed by atoms with Crippen LogP contribution in [0.25, 0.3) is 44.5 Å². The van der Waals surface area contributed by atoms with Gasteiger partial charge in [-0.2, -0.15) is 21.0 Å². The van der Waals surface area contributed by atoms with Gasteiger partial charge < -0.3 is 24.4 Å². The first kappa shape index (κ1) is 63.6. The number of rotatable bonds is 25. The van der Waals surface area contributed by atoms with Gasteiger partial charge in [0.1, 0.15) is 23.0 Å². The number of carboxylic acids is 1. The first-order valence-electron chi connectivity index (χ1n) is 28.4. The van der Waals surface area contributed by atoms with E-state index < -0.39 is 5.97 Å². The Labute approximate surface area is 497 Å². The van der Waals surface area contributed by atoms with Crippen molar-refractivity contribution < 1.29 is 43.6 Å². The van der Waals surface area contributed by atoms with Crippen LogP contribution in [-0.4, -0.2) is 34.1 Å². The number of unbranched alkanes of at least 4 members (excludes halogenated alkanes) is 10. The molecule has 0 spiro atoms. The van der Waals surface area contributed by atoms with E-state index in [1.165, 1.54) is 0 Å². The number of hydrogen-bond donors (Lipinski definition) is 2. The summed E-state index contributed by atoms with van der Waals surface area (Å²) in [6.45, 7) is 0. The first-order valence-corrected chi connectivity index (χ1v) is 28.4. The predicted octanol–water partition coefficient (Wildman–Crippen LogP) is 16.7. The lowest BCUT2D eigenvalue weighted by atomic mass is 10.0. The number of ether oxygens (including phenoxy) is 3. The Morgan fingerprint density at radius 1 is 0.306 bits per heavy atom. The summed E-state index contributed by atoms with van der Waals surface area (Å²) in [5.41, 5.74) is 10.3. The predicted molar refractivity (Wildman–Crippen MR) is 326 cm³/mol. The number of phenols is 1. The highest BCUT2D eigenvalue weighted by Gasteiger charge is 2.10. The largest absolute Gasteiger partial charge is 0.508 e. The van der Waals surface area contributed by atoms with Crippen LogP contribution in [0, 0.1) is 45.3 Å². The number of carbonyl (C=O) groups is 4. The molecule has 2 N–H and O–H groups in total. The van der Waals surface area contributed by atoms with E-state index in [0.29, 0.717) is 58.8 Å². The second-order valence-electron chi connectivity index (χ2n) is 19.9. The molecule has 0 unspecified atom stereocenters. The van der Waals surface area contributed by atoms with Crippen molar-refractivity contribution in [3.63, 3.8) is 0 Å². The van der Waals surface area contributed by atoms with Gasteiger partial charge in [-0.25, -0.2) is 0 Å². The number of nitriles is 4. The molecule has 85 heavy (non-hydrogen) atoms. The molecule has 0 aliphatic carbocycles. The minimum atomic E-state index is -0.743. The third kappa shape index (κ3) is 23.1. The number of esters is 3. The smallest absolute Gasteiger partial charge is 0.311 e. The van der Waals surface area contributed by atoms with Crippen molar-refractivity contribution in [2.75, 3.05) is 0 Å². The van der Waals surface area contributed by atoms with Gasteiger partial charge in [-0.15, -0.1) is 0 Å². The number of aromatic hydroxyl groups is 1. The van der Waals surface area contributed by atoms with Gasteiger partial charge in [-0.05, 0) is 167 Å². The van der Waals surface area contributed by atoms with Crippen LogP contribution >= 0.6 is 0 Å². The third-order valence-corrected chi connectivity index (χ3v) is 13.5. The van der Waals surface area contributed by atoms with Crippen LogP contribution in [0.4, 0.5) is 0 Å². The van der Waals surface area contributed by atoms with Crippen molar-refractivity contribution in [2.45, 2.75) is 103 Å². The van der Waals surface area contributed by atoms with E-state index in [9.17, 15) is 24.3 Å². The Bertz CT molecular complexity index is 3590. The number of benzene rings is 8. The van der Waals surface area contributed by atoms with Crippen molar-refractivity contribution in [3.8, 4) is 91.8 Å². The van der Waals surface area contributed by atoms with Gasteiger partial charge >= 0.3 is 23.9 Å². The van der Waals surface area contributed by atoms with E-state index in [1.54, 1.807) is 97.1 Å². The Hall–Kier alpha value is -10.6. The number of nitrogens with zero attached hydrogens (tertiary/aromatic N) is 4. The summed E-state index contributed by atoms with van der Waals surface area (Å²) >= 11 is 0. The van der Waals surface area contributed by atoms with Crippen LogP contribution in [-0.2, 0) is 19.2 Å². The fraction of sp³-hybridized carbons (Fsp3) is 0.222. The maximum atomic E-state index is 12.3. The standard InChI is InChI=1S/C36H32N2O4.C23H25NO4.C13H9NO/c37-25-27-12-16-29(17-13-27)30-20-22-33(23-21-30)41-35(39)10-5-3-1-2-4-6-11-36(40)42-34-9-7-8-32(24-34)31-18-14-28(26-38)15-19-31;24-17-18-9-11-19(12-10-18)20-13-15-21(16-14-20)28-23(27)8-6-4-2-1-3-5-7-22(25)26;14-9-10-4-6-11(7-5-10)12-2-1-3-13(15)8-12/h7-9,12-24H,1-6,10-11H2;9-16H,1-8H2,(H,25,26);1-8,15H. The highest BCUT2D eigenvalue weighted by Crippen LogP contribution is 2.28. The summed E-state index contributed by atoms with van der Waals surface area (Å²) < 4.78 is 16.4. The van der Waals surface area contributed by atoms with E-state index in [1.807, 2.05) is 97.1 Å². The maximum Gasteiger partial charge on any atom is 0.311 e. The SMILES string of the molecule is N#Cc1ccc(-c2ccc(OC(=O)CCCCCCCCC(=O)O)cc2)cc1.N#Cc1ccc(-c2ccc(OC(=O)CCCCCCCCC(=O)Oc3cccc(-c4ccc(C#N)cc4)c3)cc2)cc1.N#Cc1ccc(-c2cccc(O)c2)cc1. The fourth-order valence-electron chi connectivity index (χ4n) is 8.85. The topological polar surface area (TPSA) is 232 Å². The molecule has 8 aromatic carbocycles. The summed E-state index contributed by atoms with van der Waals surface area (Å²) in [7, 11) is 0. The van der Waals surface area contributed by atoms with Gasteiger partial charge in [0.05, 0.1) is 46.5 Å². The summed E-state index contributed by atoms with van der Waals surface area (Å²) in [5, 5.41) is 53.3. The van der Waals surface area contributed by atoms with Gasteiger partial charge in [0.2, 0.25) is 0 Å². The van der Waals surface area contributed by atoms with Crippen LogP contribution in [0.3, 0.4) is 0 Å². The normalized spacial score (nSPS) is 10.2. The lowest BCUT2D eigenvalue weighted by Gasteiger charge is -2.07. The second kappa shape index (κ2) is 35.3. The van der Waals surface area contributed by atoms with E-state index in [-0.39, 0.29) is 30.1 Å². The third-order valence-electron chi connectivity index (χ3n) is 13.5. The molecule has 13 heteroatoms. The molecule has 0 aliphatic heterocycles. The quantitative estimate of drug-likeness (QED) is 0.0308. The van der Waals surface area contributed by atoms with E-state index in [4.69, 9.17) is 40.4 Å². The van der Waals surface area contributed by atoms with E-state index in [2.05, 4.69) is 24.3 Å². The zero-order valence-corrected chi connectivity index (χ0v) is 47.3. The molecule has 0 aromatic heterocycles. The van der Waals surface area contributed by atoms with Gasteiger partial charge in [0.15, 0.2) is 0 Å². The fourth-order valence-corrected chi connectivity index (χ4v) is 8.85. The second-order valence-corrected chi connectivity index (χ2v) is 19.9. The lowest BCUT2D eigenvalue weighted by Crippen LogP contribution is -2.07. The molecule has 428 valence electrons. The summed E-state index contributed by atoms with van der Waals surface area (Å²) in [6.07, 6.45) is 12.1. The van der Waals surface area contributed by atoms with Gasteiger partial charge in [0, 0.05) is 25.7 Å². The number of hydrogen-bond acceptors (Lipinski definition) is 12. The molecule has 0 radical (unpaired) electrons. The van der Waals surface area contributed by atoms with Crippen LogP contribution in [0.2, 0.25) is 0 Å². The average molecular weight is 1130 g/mol. The number of carboxylic acid groups (broad SMARTS) is 1. The Morgan fingerprint density at radius 2 is 0.576 bits per heavy atom. The van der Waals surface area contributed by atoms with Crippen molar-refractivity contribution in [3.05, 3.63) is 216 Å². The molecular weight excluding hydrogens is 1060 g/mol. The molecule has 0 saturated carbocycles. The van der Waals surface area contributed by atoms with Gasteiger partial charge in [-0.1, -0.05) is 148 Å². The Morgan fingerprint density at radius 3 is 0.894 bits per heavy atom. The number of carbonyl (C=O) groups excluding carboxylic acids is 3. The monoisotopic (exact) mass is 1130 g/mol. The zero-order chi connectivity index (χ0) is 60.4. The molecule has 0 aliphatic rings. The molecule has 0 fully saturated rings. The highest BCUT2D eigenvalue weighted by atomic mass is 16.5. The molecule has 0 heterocycles. The van der Waals surface area contributed by atoms with Crippen LogP contribution in [0.15, 0.2) is 194 Å².